The number of carbonyl (C=O) groups excluding carboxylic acids is 1. The molecule has 1 amide bonds. The molecule has 0 aliphatic carbocycles. The molecule has 9 heteroatoms. The number of nitrogens with zero attached hydrogens (tertiary/aromatic N) is 6. The average molecular weight is 513 g/mol. The van der Waals surface area contributed by atoms with E-state index in [1.165, 1.54) is 5.57 Å². The monoisotopic (exact) mass is 512 g/mol. The maximum absolute atomic E-state index is 12.8. The Morgan fingerprint density at radius 3 is 2.58 bits per heavy atom. The lowest BCUT2D eigenvalue weighted by Gasteiger charge is -2.41. The number of amides is 1. The summed E-state index contributed by atoms with van der Waals surface area (Å²) in [7, 11) is 0. The van der Waals surface area contributed by atoms with Crippen LogP contribution in [0.3, 0.4) is 0 Å². The largest absolute Gasteiger partial charge is 0.444 e. The van der Waals surface area contributed by atoms with Crippen molar-refractivity contribution < 1.29 is 14.3 Å². The van der Waals surface area contributed by atoms with Gasteiger partial charge in [0.15, 0.2) is 0 Å². The van der Waals surface area contributed by atoms with E-state index in [0.717, 1.165) is 60.4 Å². The number of pyridine rings is 2. The van der Waals surface area contributed by atoms with Gasteiger partial charge < -0.3 is 14.4 Å². The van der Waals surface area contributed by atoms with Crippen LogP contribution in [0.1, 0.15) is 51.2 Å². The minimum atomic E-state index is -0.504. The van der Waals surface area contributed by atoms with Gasteiger partial charge in [-0.25, -0.2) is 14.3 Å². The Labute approximate surface area is 222 Å². The van der Waals surface area contributed by atoms with Crippen LogP contribution in [0.4, 0.5) is 10.6 Å². The van der Waals surface area contributed by atoms with Crippen LogP contribution < -0.4 is 4.90 Å². The zero-order chi connectivity index (χ0) is 26.4. The fourth-order valence-corrected chi connectivity index (χ4v) is 5.82. The second-order valence-corrected chi connectivity index (χ2v) is 11.2. The van der Waals surface area contributed by atoms with E-state index in [1.807, 2.05) is 44.1 Å². The van der Waals surface area contributed by atoms with Crippen molar-refractivity contribution in [3.8, 4) is 17.2 Å². The highest BCUT2D eigenvalue weighted by atomic mass is 16.6. The van der Waals surface area contributed by atoms with Crippen molar-refractivity contribution in [1.82, 2.24) is 19.5 Å². The number of fused-ring (bicyclic) bond motifs is 3. The molecule has 0 aromatic carbocycles. The first-order valence-corrected chi connectivity index (χ1v) is 13.2. The number of aromatic nitrogens is 3. The van der Waals surface area contributed by atoms with Gasteiger partial charge in [-0.2, -0.15) is 10.4 Å². The zero-order valence-electron chi connectivity index (χ0n) is 22.1. The molecule has 2 atom stereocenters. The van der Waals surface area contributed by atoms with Crippen molar-refractivity contribution >= 4 is 23.0 Å². The Bertz CT molecular complexity index is 1430. The molecule has 2 bridgehead atoms. The van der Waals surface area contributed by atoms with Crippen LogP contribution >= 0.6 is 0 Å². The van der Waals surface area contributed by atoms with Crippen molar-refractivity contribution in [1.29, 1.82) is 5.26 Å². The van der Waals surface area contributed by atoms with Crippen LogP contribution in [0.2, 0.25) is 0 Å². The summed E-state index contributed by atoms with van der Waals surface area (Å²) in [6.07, 6.45) is 10.2. The Morgan fingerprint density at radius 1 is 1.16 bits per heavy atom. The van der Waals surface area contributed by atoms with Crippen LogP contribution in [-0.4, -0.2) is 69.6 Å². The minimum Gasteiger partial charge on any atom is -0.444 e. The van der Waals surface area contributed by atoms with Gasteiger partial charge in [0.05, 0.1) is 42.6 Å². The van der Waals surface area contributed by atoms with Crippen LogP contribution in [0.25, 0.3) is 22.2 Å². The van der Waals surface area contributed by atoms with E-state index >= 15 is 0 Å². The van der Waals surface area contributed by atoms with Crippen molar-refractivity contribution in [3.05, 3.63) is 54.0 Å². The minimum absolute atomic E-state index is 0.124. The molecular weight excluding hydrogens is 480 g/mol. The van der Waals surface area contributed by atoms with Gasteiger partial charge in [-0.1, -0.05) is 6.08 Å². The van der Waals surface area contributed by atoms with Crippen molar-refractivity contribution in [2.45, 2.75) is 57.7 Å². The third-order valence-corrected chi connectivity index (χ3v) is 7.54. The number of hydrogen-bond acceptors (Lipinski definition) is 7. The van der Waals surface area contributed by atoms with Gasteiger partial charge >= 0.3 is 6.09 Å². The molecule has 3 aliphatic heterocycles. The molecule has 0 spiro atoms. The molecule has 196 valence electrons. The van der Waals surface area contributed by atoms with Crippen LogP contribution in [-0.2, 0) is 9.47 Å². The van der Waals surface area contributed by atoms with E-state index < -0.39 is 5.60 Å². The molecular formula is C29H32N6O3. The molecule has 38 heavy (non-hydrogen) atoms. The highest BCUT2D eigenvalue weighted by Gasteiger charge is 2.44. The first kappa shape index (κ1) is 24.4. The van der Waals surface area contributed by atoms with Crippen LogP contribution in [0.15, 0.2) is 42.9 Å². The lowest BCUT2D eigenvalue weighted by Crippen LogP contribution is -2.57. The fourth-order valence-electron chi connectivity index (χ4n) is 5.82. The number of ether oxygens (including phenoxy) is 2. The maximum Gasteiger partial charge on any atom is 0.410 e. The van der Waals surface area contributed by atoms with E-state index in [9.17, 15) is 10.1 Å². The van der Waals surface area contributed by atoms with Crippen molar-refractivity contribution in [2.24, 2.45) is 0 Å². The summed E-state index contributed by atoms with van der Waals surface area (Å²) in [6, 6.07) is 8.76. The molecule has 6 heterocycles. The number of hydrogen-bond donors (Lipinski definition) is 0. The highest BCUT2D eigenvalue weighted by molar-refractivity contribution is 5.87. The number of rotatable bonds is 3. The van der Waals surface area contributed by atoms with Gasteiger partial charge in [0.1, 0.15) is 17.5 Å². The van der Waals surface area contributed by atoms with Gasteiger partial charge in [-0.05, 0) is 69.4 Å². The summed E-state index contributed by atoms with van der Waals surface area (Å²) in [5.74, 6) is 0.891. The van der Waals surface area contributed by atoms with Gasteiger partial charge in [0.2, 0.25) is 0 Å². The number of piperazine rings is 1. The normalized spacial score (nSPS) is 21.4. The molecule has 3 aliphatic rings. The molecule has 3 aromatic rings. The first-order valence-electron chi connectivity index (χ1n) is 13.2. The Morgan fingerprint density at radius 2 is 1.95 bits per heavy atom. The summed E-state index contributed by atoms with van der Waals surface area (Å²) >= 11 is 0. The van der Waals surface area contributed by atoms with E-state index in [4.69, 9.17) is 14.5 Å². The van der Waals surface area contributed by atoms with Gasteiger partial charge in [0.25, 0.3) is 0 Å². The molecule has 0 saturated carbocycles. The molecule has 2 saturated heterocycles. The second-order valence-electron chi connectivity index (χ2n) is 11.2. The number of anilines is 1. The highest BCUT2D eigenvalue weighted by Crippen LogP contribution is 2.35. The van der Waals surface area contributed by atoms with Gasteiger partial charge in [-0.15, -0.1) is 0 Å². The summed E-state index contributed by atoms with van der Waals surface area (Å²) in [4.78, 5) is 21.9. The molecule has 6 rings (SSSR count). The predicted molar refractivity (Wildman–Crippen MR) is 144 cm³/mol. The molecule has 2 unspecified atom stereocenters. The lowest BCUT2D eigenvalue weighted by molar-refractivity contribution is 0.0122. The summed E-state index contributed by atoms with van der Waals surface area (Å²) in [5, 5.41) is 14.2. The third kappa shape index (κ3) is 4.50. The van der Waals surface area contributed by atoms with Crippen LogP contribution in [0.5, 0.6) is 0 Å². The SMILES string of the molecule is CC(C)(C)OC(=O)N1C2CCC1CN(c1ccc(-c3cc(C4=CCOCC4)cn4ncc(C#N)c34)cn1)C2. The summed E-state index contributed by atoms with van der Waals surface area (Å²) in [6.45, 7) is 8.48. The molecule has 0 N–H and O–H groups in total. The standard InChI is InChI=1S/C29H32N6O3/c1-29(2,3)38-28(36)35-23-5-6-24(35)18-33(17-23)26-7-4-20(14-31-26)25-12-21(19-8-10-37-11-9-19)16-34-27(25)22(13-30)15-32-34/h4,7-8,12,14-16,23-24H,5-6,9-11,17-18H2,1-3H3. The molecule has 2 fully saturated rings. The van der Waals surface area contributed by atoms with E-state index in [1.54, 1.807) is 10.7 Å². The quantitative estimate of drug-likeness (QED) is 0.504. The molecule has 3 aromatic heterocycles. The van der Waals surface area contributed by atoms with Crippen LogP contribution in [0, 0.1) is 11.3 Å². The second kappa shape index (κ2) is 9.44. The average Bonchev–Trinajstić information content (AvgIpc) is 3.45. The maximum atomic E-state index is 12.8. The van der Waals surface area contributed by atoms with Crippen molar-refractivity contribution in [3.63, 3.8) is 0 Å². The van der Waals surface area contributed by atoms with E-state index in [0.29, 0.717) is 18.8 Å². The Hall–Kier alpha value is -3.90. The lowest BCUT2D eigenvalue weighted by atomic mass is 9.98. The molecule has 0 radical (unpaired) electrons. The summed E-state index contributed by atoms with van der Waals surface area (Å²) in [5.41, 5.74) is 4.96. The fraction of sp³-hybridized carbons (Fsp3) is 0.448. The first-order chi connectivity index (χ1) is 18.3. The predicted octanol–water partition coefficient (Wildman–Crippen LogP) is 4.66. The Balaban J connectivity index is 1.28. The van der Waals surface area contributed by atoms with Gasteiger partial charge in [-0.3, -0.25) is 4.90 Å². The van der Waals surface area contributed by atoms with E-state index in [2.05, 4.69) is 34.3 Å². The Kier molecular flexibility index (Phi) is 6.07. The van der Waals surface area contributed by atoms with Crippen molar-refractivity contribution in [2.75, 3.05) is 31.2 Å². The van der Waals surface area contributed by atoms with E-state index in [-0.39, 0.29) is 18.2 Å². The number of nitriles is 1. The molecule has 9 nitrogen and oxygen atoms in total. The third-order valence-electron chi connectivity index (χ3n) is 7.54. The number of carbonyl (C=O) groups is 1. The summed E-state index contributed by atoms with van der Waals surface area (Å²) < 4.78 is 13.0. The zero-order valence-corrected chi connectivity index (χ0v) is 22.1. The topological polar surface area (TPSA) is 96.0 Å². The smallest absolute Gasteiger partial charge is 0.410 e. The van der Waals surface area contributed by atoms with Gasteiger partial charge in [0, 0.05) is 36.6 Å².